The largest absolute Gasteiger partial charge is 0.496 e. The third kappa shape index (κ3) is 3.26. The summed E-state index contributed by atoms with van der Waals surface area (Å²) in [6.45, 7) is 2.05. The van der Waals surface area contributed by atoms with Gasteiger partial charge in [-0.2, -0.15) is 0 Å². The molecule has 0 bridgehead atoms. The predicted molar refractivity (Wildman–Crippen MR) is 65.0 cm³/mol. The zero-order chi connectivity index (χ0) is 11.4. The lowest BCUT2D eigenvalue weighted by atomic mass is 10.0. The van der Waals surface area contributed by atoms with Gasteiger partial charge in [0, 0.05) is 12.1 Å². The Kier molecular flexibility index (Phi) is 4.71. The van der Waals surface area contributed by atoms with Crippen LogP contribution >= 0.6 is 23.2 Å². The van der Waals surface area contributed by atoms with E-state index in [1.165, 1.54) is 0 Å². The topological polar surface area (TPSA) is 35.2 Å². The van der Waals surface area contributed by atoms with Crippen molar-refractivity contribution in [2.75, 3.05) is 7.11 Å². The Hall–Kier alpha value is -0.440. The number of hydrogen-bond acceptors (Lipinski definition) is 2. The number of methoxy groups -OCH3 is 1. The van der Waals surface area contributed by atoms with Crippen LogP contribution in [0.4, 0.5) is 0 Å². The van der Waals surface area contributed by atoms with E-state index < -0.39 is 0 Å². The summed E-state index contributed by atoms with van der Waals surface area (Å²) in [4.78, 5) is 0. The highest BCUT2D eigenvalue weighted by molar-refractivity contribution is 6.42. The second-order valence-corrected chi connectivity index (χ2v) is 4.27. The highest BCUT2D eigenvalue weighted by Crippen LogP contribution is 2.31. The molecule has 84 valence electrons. The summed E-state index contributed by atoms with van der Waals surface area (Å²) in [6.07, 6.45) is 1.67. The lowest BCUT2D eigenvalue weighted by Crippen LogP contribution is -2.21. The van der Waals surface area contributed by atoms with Gasteiger partial charge in [-0.3, -0.25) is 0 Å². The number of ether oxygens (including phenoxy) is 1. The maximum Gasteiger partial charge on any atom is 0.123 e. The number of benzene rings is 1. The molecule has 0 aliphatic carbocycles. The molecule has 4 heteroatoms. The van der Waals surface area contributed by atoms with Gasteiger partial charge in [0.2, 0.25) is 0 Å². The maximum atomic E-state index is 5.94. The number of halogens is 2. The minimum absolute atomic E-state index is 0.121. The third-order valence-corrected chi connectivity index (χ3v) is 3.05. The average molecular weight is 248 g/mol. The Morgan fingerprint density at radius 3 is 2.47 bits per heavy atom. The van der Waals surface area contributed by atoms with Gasteiger partial charge in [0.25, 0.3) is 0 Å². The van der Waals surface area contributed by atoms with E-state index in [1.54, 1.807) is 13.2 Å². The molecule has 2 nitrogen and oxygen atoms in total. The Bertz CT molecular complexity index is 342. The first-order chi connectivity index (χ1) is 7.08. The van der Waals surface area contributed by atoms with Crippen molar-refractivity contribution in [1.29, 1.82) is 0 Å². The van der Waals surface area contributed by atoms with Gasteiger partial charge in [-0.05, 0) is 24.5 Å². The molecule has 1 aromatic rings. The molecule has 0 radical (unpaired) electrons. The number of hydrogen-bond donors (Lipinski definition) is 1. The second kappa shape index (κ2) is 5.59. The van der Waals surface area contributed by atoms with Crippen molar-refractivity contribution in [3.05, 3.63) is 27.7 Å². The highest BCUT2D eigenvalue weighted by atomic mass is 35.5. The molecule has 0 spiro atoms. The molecule has 2 N–H and O–H groups in total. The van der Waals surface area contributed by atoms with Crippen LogP contribution < -0.4 is 10.5 Å². The lowest BCUT2D eigenvalue weighted by molar-refractivity contribution is 0.407. The summed E-state index contributed by atoms with van der Waals surface area (Å²) < 4.78 is 5.23. The quantitative estimate of drug-likeness (QED) is 0.887. The molecule has 0 amide bonds. The van der Waals surface area contributed by atoms with Gasteiger partial charge < -0.3 is 10.5 Å². The summed E-state index contributed by atoms with van der Waals surface area (Å²) in [5, 5.41) is 1.04. The fourth-order valence-electron chi connectivity index (χ4n) is 1.35. The monoisotopic (exact) mass is 247 g/mol. The molecule has 1 atom stereocenters. The number of rotatable bonds is 4. The van der Waals surface area contributed by atoms with Crippen LogP contribution in [0.25, 0.3) is 0 Å². The third-order valence-electron chi connectivity index (χ3n) is 2.33. The summed E-state index contributed by atoms with van der Waals surface area (Å²) >= 11 is 11.8. The SMILES string of the molecule is CCC(N)Cc1cc(Cl)c(Cl)cc1OC. The van der Waals surface area contributed by atoms with Crippen LogP contribution in [0.2, 0.25) is 10.0 Å². The van der Waals surface area contributed by atoms with E-state index in [-0.39, 0.29) is 6.04 Å². The van der Waals surface area contributed by atoms with E-state index in [4.69, 9.17) is 33.7 Å². The second-order valence-electron chi connectivity index (χ2n) is 3.45. The van der Waals surface area contributed by atoms with Gasteiger partial charge >= 0.3 is 0 Å². The Balaban J connectivity index is 2.99. The molecule has 0 saturated heterocycles. The van der Waals surface area contributed by atoms with Gasteiger partial charge in [0.15, 0.2) is 0 Å². The molecule has 0 saturated carbocycles. The summed E-state index contributed by atoms with van der Waals surface area (Å²) in [7, 11) is 1.61. The van der Waals surface area contributed by atoms with Crippen LogP contribution in [-0.2, 0) is 6.42 Å². The molecule has 0 heterocycles. The first-order valence-corrected chi connectivity index (χ1v) is 5.61. The van der Waals surface area contributed by atoms with E-state index in [2.05, 4.69) is 6.92 Å². The van der Waals surface area contributed by atoms with Gasteiger partial charge in [0.1, 0.15) is 5.75 Å². The Morgan fingerprint density at radius 1 is 1.33 bits per heavy atom. The van der Waals surface area contributed by atoms with Crippen LogP contribution in [0.3, 0.4) is 0 Å². The van der Waals surface area contributed by atoms with Crippen molar-refractivity contribution in [1.82, 2.24) is 0 Å². The predicted octanol–water partition coefficient (Wildman–Crippen LogP) is 3.28. The van der Waals surface area contributed by atoms with E-state index in [0.717, 1.165) is 24.2 Å². The molecule has 1 aromatic carbocycles. The van der Waals surface area contributed by atoms with E-state index in [0.29, 0.717) is 10.0 Å². The minimum atomic E-state index is 0.121. The van der Waals surface area contributed by atoms with Gasteiger partial charge in [-0.25, -0.2) is 0 Å². The highest BCUT2D eigenvalue weighted by Gasteiger charge is 2.10. The van der Waals surface area contributed by atoms with E-state index >= 15 is 0 Å². The molecule has 0 aliphatic heterocycles. The van der Waals surface area contributed by atoms with Crippen LogP contribution in [-0.4, -0.2) is 13.2 Å². The summed E-state index contributed by atoms with van der Waals surface area (Å²) in [5.74, 6) is 0.744. The smallest absolute Gasteiger partial charge is 0.123 e. The molecule has 1 unspecified atom stereocenters. The molecule has 15 heavy (non-hydrogen) atoms. The van der Waals surface area contributed by atoms with Crippen LogP contribution in [0.15, 0.2) is 12.1 Å². The van der Waals surface area contributed by atoms with Crippen molar-refractivity contribution in [2.45, 2.75) is 25.8 Å². The van der Waals surface area contributed by atoms with Crippen LogP contribution in [0.1, 0.15) is 18.9 Å². The van der Waals surface area contributed by atoms with Crippen LogP contribution in [0.5, 0.6) is 5.75 Å². The molecule has 0 fully saturated rings. The first kappa shape index (κ1) is 12.6. The molecule has 0 aliphatic rings. The standard InChI is InChI=1S/C11H15Cl2NO/c1-3-8(14)4-7-5-9(12)10(13)6-11(7)15-2/h5-6,8H,3-4,14H2,1-2H3. The lowest BCUT2D eigenvalue weighted by Gasteiger charge is -2.13. The summed E-state index contributed by atoms with van der Waals surface area (Å²) in [6, 6.07) is 3.66. The van der Waals surface area contributed by atoms with E-state index in [9.17, 15) is 0 Å². The van der Waals surface area contributed by atoms with Crippen molar-refractivity contribution < 1.29 is 4.74 Å². The molecular formula is C11H15Cl2NO. The fraction of sp³-hybridized carbons (Fsp3) is 0.455. The van der Waals surface area contributed by atoms with Gasteiger partial charge in [-0.1, -0.05) is 30.1 Å². The van der Waals surface area contributed by atoms with Gasteiger partial charge in [-0.15, -0.1) is 0 Å². The van der Waals surface area contributed by atoms with Crippen molar-refractivity contribution in [3.63, 3.8) is 0 Å². The molecular weight excluding hydrogens is 233 g/mol. The van der Waals surface area contributed by atoms with Gasteiger partial charge in [0.05, 0.1) is 17.2 Å². The van der Waals surface area contributed by atoms with Crippen LogP contribution in [0, 0.1) is 0 Å². The van der Waals surface area contributed by atoms with Crippen molar-refractivity contribution in [3.8, 4) is 5.75 Å². The average Bonchev–Trinajstić information content (AvgIpc) is 2.22. The van der Waals surface area contributed by atoms with Crippen molar-refractivity contribution in [2.24, 2.45) is 5.73 Å². The normalized spacial score (nSPS) is 12.6. The zero-order valence-corrected chi connectivity index (χ0v) is 10.4. The maximum absolute atomic E-state index is 5.94. The Morgan fingerprint density at radius 2 is 1.93 bits per heavy atom. The van der Waals surface area contributed by atoms with Crippen molar-refractivity contribution >= 4 is 23.2 Å². The zero-order valence-electron chi connectivity index (χ0n) is 8.89. The Labute approximate surface area is 100 Å². The first-order valence-electron chi connectivity index (χ1n) is 4.86. The minimum Gasteiger partial charge on any atom is -0.496 e. The summed E-state index contributed by atoms with van der Waals surface area (Å²) in [5.41, 5.74) is 6.89. The van der Waals surface area contributed by atoms with E-state index in [1.807, 2.05) is 6.07 Å². The number of nitrogens with two attached hydrogens (primary N) is 1. The molecule has 0 aromatic heterocycles. The molecule has 1 rings (SSSR count). The fourth-order valence-corrected chi connectivity index (χ4v) is 1.69.